The van der Waals surface area contributed by atoms with E-state index in [1.165, 1.54) is 31.4 Å². The van der Waals surface area contributed by atoms with E-state index in [1.54, 1.807) is 0 Å². The molecule has 8 heteroatoms. The van der Waals surface area contributed by atoms with Gasteiger partial charge in [-0.05, 0) is 6.07 Å². The van der Waals surface area contributed by atoms with Crippen LogP contribution in [0.15, 0.2) is 24.3 Å². The lowest BCUT2D eigenvalue weighted by Gasteiger charge is -2.11. The maximum Gasteiger partial charge on any atom is 0.319 e. The minimum absolute atomic E-state index is 0.0224. The van der Waals surface area contributed by atoms with E-state index in [0.717, 1.165) is 0 Å². The predicted molar refractivity (Wildman–Crippen MR) is 68.0 cm³/mol. The number of methoxy groups -OCH3 is 1. The zero-order valence-electron chi connectivity index (χ0n) is 10.3. The summed E-state index contributed by atoms with van der Waals surface area (Å²) in [4.78, 5) is 21.5. The maximum absolute atomic E-state index is 11.5. The second-order valence-electron chi connectivity index (χ2n) is 3.75. The second kappa shape index (κ2) is 7.29. The first-order chi connectivity index (χ1) is 9.02. The fourth-order valence-electron chi connectivity index (χ4n) is 1.33. The first-order valence-electron chi connectivity index (χ1n) is 5.49. The summed E-state index contributed by atoms with van der Waals surface area (Å²) in [5.41, 5.74) is 0.185. The third-order valence-corrected chi connectivity index (χ3v) is 2.17. The van der Waals surface area contributed by atoms with Gasteiger partial charge in [0.15, 0.2) is 0 Å². The maximum atomic E-state index is 11.5. The van der Waals surface area contributed by atoms with Gasteiger partial charge >= 0.3 is 6.03 Å². The standard InChI is InChI=1S/C11H15N3O5/c1-19-7-10(15)6-12-11(16)13-8-3-2-4-9(5-8)14(17)18/h2-5,10,15H,6-7H2,1H3,(H2,12,13,16). The van der Waals surface area contributed by atoms with Crippen molar-refractivity contribution in [1.29, 1.82) is 0 Å². The van der Waals surface area contributed by atoms with Gasteiger partial charge in [-0.2, -0.15) is 0 Å². The number of rotatable bonds is 6. The SMILES string of the molecule is COCC(O)CNC(=O)Nc1cccc([N+](=O)[O-])c1. The molecule has 8 nitrogen and oxygen atoms in total. The number of aliphatic hydroxyl groups excluding tert-OH is 1. The van der Waals surface area contributed by atoms with Gasteiger partial charge in [0.1, 0.15) is 0 Å². The van der Waals surface area contributed by atoms with Gasteiger partial charge in [-0.3, -0.25) is 10.1 Å². The lowest BCUT2D eigenvalue weighted by atomic mass is 10.3. The van der Waals surface area contributed by atoms with Crippen molar-refractivity contribution in [3.05, 3.63) is 34.4 Å². The molecule has 0 bridgehead atoms. The highest BCUT2D eigenvalue weighted by atomic mass is 16.6. The average Bonchev–Trinajstić information content (AvgIpc) is 2.37. The Balaban J connectivity index is 2.48. The number of hydrogen-bond acceptors (Lipinski definition) is 5. The molecule has 1 rings (SSSR count). The Morgan fingerprint density at radius 3 is 2.95 bits per heavy atom. The van der Waals surface area contributed by atoms with Crippen molar-refractivity contribution >= 4 is 17.4 Å². The van der Waals surface area contributed by atoms with Crippen LogP contribution in [0.4, 0.5) is 16.2 Å². The molecule has 0 aliphatic rings. The van der Waals surface area contributed by atoms with Crippen LogP contribution in [0.25, 0.3) is 0 Å². The van der Waals surface area contributed by atoms with E-state index in [4.69, 9.17) is 4.74 Å². The topological polar surface area (TPSA) is 114 Å². The molecule has 0 heterocycles. The molecule has 104 valence electrons. The number of nitro groups is 1. The second-order valence-corrected chi connectivity index (χ2v) is 3.75. The molecule has 0 aromatic heterocycles. The van der Waals surface area contributed by atoms with Crippen LogP contribution < -0.4 is 10.6 Å². The smallest absolute Gasteiger partial charge is 0.319 e. The molecule has 1 aromatic rings. The third-order valence-electron chi connectivity index (χ3n) is 2.17. The van der Waals surface area contributed by atoms with Crippen LogP contribution in [0, 0.1) is 10.1 Å². The normalized spacial score (nSPS) is 11.7. The lowest BCUT2D eigenvalue weighted by molar-refractivity contribution is -0.384. The molecule has 0 saturated carbocycles. The largest absolute Gasteiger partial charge is 0.389 e. The number of ether oxygens (including phenoxy) is 1. The molecule has 19 heavy (non-hydrogen) atoms. The highest BCUT2D eigenvalue weighted by Crippen LogP contribution is 2.16. The number of aliphatic hydroxyl groups is 1. The number of anilines is 1. The number of carbonyl (C=O) groups excluding carboxylic acids is 1. The van der Waals surface area contributed by atoms with Crippen LogP contribution in [-0.4, -0.2) is 42.4 Å². The number of nitro benzene ring substituents is 1. The summed E-state index contributed by atoms with van der Waals surface area (Å²) >= 11 is 0. The van der Waals surface area contributed by atoms with Crippen LogP contribution >= 0.6 is 0 Å². The van der Waals surface area contributed by atoms with Gasteiger partial charge in [0, 0.05) is 31.5 Å². The Kier molecular flexibility index (Phi) is 5.71. The number of benzene rings is 1. The number of carbonyl (C=O) groups is 1. The molecule has 1 unspecified atom stereocenters. The highest BCUT2D eigenvalue weighted by molar-refractivity contribution is 5.89. The first-order valence-corrected chi connectivity index (χ1v) is 5.49. The monoisotopic (exact) mass is 269 g/mol. The molecule has 0 spiro atoms. The lowest BCUT2D eigenvalue weighted by Crippen LogP contribution is -2.36. The number of non-ortho nitro benzene ring substituents is 1. The summed E-state index contributed by atoms with van der Waals surface area (Å²) in [6, 6.07) is 5.00. The quantitative estimate of drug-likeness (QED) is 0.520. The molecule has 3 N–H and O–H groups in total. The molecule has 0 aliphatic heterocycles. The molecule has 0 fully saturated rings. The zero-order chi connectivity index (χ0) is 14.3. The van der Waals surface area contributed by atoms with Gasteiger partial charge in [0.25, 0.3) is 5.69 Å². The molecule has 0 saturated heterocycles. The van der Waals surface area contributed by atoms with Crippen molar-refractivity contribution in [3.63, 3.8) is 0 Å². The molecule has 1 atom stereocenters. The van der Waals surface area contributed by atoms with Crippen LogP contribution in [-0.2, 0) is 4.74 Å². The van der Waals surface area contributed by atoms with E-state index in [0.29, 0.717) is 5.69 Å². The van der Waals surface area contributed by atoms with Crippen molar-refractivity contribution in [2.75, 3.05) is 25.6 Å². The summed E-state index contributed by atoms with van der Waals surface area (Å²) in [7, 11) is 1.44. The van der Waals surface area contributed by atoms with Gasteiger partial charge in [0.05, 0.1) is 17.6 Å². The summed E-state index contributed by atoms with van der Waals surface area (Å²) in [6.07, 6.45) is -0.805. The predicted octanol–water partition coefficient (Wildman–Crippen LogP) is 0.724. The van der Waals surface area contributed by atoms with Gasteiger partial charge in [-0.15, -0.1) is 0 Å². The van der Waals surface area contributed by atoms with Crippen molar-refractivity contribution < 1.29 is 19.6 Å². The van der Waals surface area contributed by atoms with E-state index in [2.05, 4.69) is 10.6 Å². The van der Waals surface area contributed by atoms with Gasteiger partial charge in [0.2, 0.25) is 0 Å². The van der Waals surface area contributed by atoms with Crippen molar-refractivity contribution in [3.8, 4) is 0 Å². The minimum atomic E-state index is -0.805. The number of amides is 2. The van der Waals surface area contributed by atoms with Gasteiger partial charge < -0.3 is 20.5 Å². The van der Waals surface area contributed by atoms with E-state index < -0.39 is 17.1 Å². The van der Waals surface area contributed by atoms with Crippen molar-refractivity contribution in [1.82, 2.24) is 5.32 Å². The van der Waals surface area contributed by atoms with E-state index in [9.17, 15) is 20.0 Å². The molecule has 0 aliphatic carbocycles. The highest BCUT2D eigenvalue weighted by Gasteiger charge is 2.09. The molecular formula is C11H15N3O5. The van der Waals surface area contributed by atoms with Crippen LogP contribution in [0.2, 0.25) is 0 Å². The summed E-state index contributed by atoms with van der Waals surface area (Å²) in [5.74, 6) is 0. The Morgan fingerprint density at radius 2 is 2.32 bits per heavy atom. The van der Waals surface area contributed by atoms with Gasteiger partial charge in [-0.25, -0.2) is 4.79 Å². The summed E-state index contributed by atoms with van der Waals surface area (Å²) in [6.45, 7) is 0.131. The number of hydrogen-bond donors (Lipinski definition) is 3. The fourth-order valence-corrected chi connectivity index (χ4v) is 1.33. The van der Waals surface area contributed by atoms with Crippen LogP contribution in [0.3, 0.4) is 0 Å². The minimum Gasteiger partial charge on any atom is -0.389 e. The molecule has 0 radical (unpaired) electrons. The number of nitrogens with zero attached hydrogens (tertiary/aromatic N) is 1. The van der Waals surface area contributed by atoms with Crippen molar-refractivity contribution in [2.45, 2.75) is 6.10 Å². The van der Waals surface area contributed by atoms with Crippen LogP contribution in [0.5, 0.6) is 0 Å². The van der Waals surface area contributed by atoms with Crippen LogP contribution in [0.1, 0.15) is 0 Å². The Hall–Kier alpha value is -2.19. The number of nitrogens with one attached hydrogen (secondary N) is 2. The van der Waals surface area contributed by atoms with Gasteiger partial charge in [-0.1, -0.05) is 6.07 Å². The Bertz CT molecular complexity index is 452. The summed E-state index contributed by atoms with van der Waals surface area (Å²) in [5, 5.41) is 24.7. The third kappa shape index (κ3) is 5.32. The molecule has 1 aromatic carbocycles. The van der Waals surface area contributed by atoms with Crippen molar-refractivity contribution in [2.24, 2.45) is 0 Å². The molecule has 2 amide bonds. The van der Waals surface area contributed by atoms with E-state index in [-0.39, 0.29) is 18.8 Å². The summed E-state index contributed by atoms with van der Waals surface area (Å²) < 4.78 is 4.70. The molecular weight excluding hydrogens is 254 g/mol. The fraction of sp³-hybridized carbons (Fsp3) is 0.364. The Morgan fingerprint density at radius 1 is 1.58 bits per heavy atom. The van der Waals surface area contributed by atoms with E-state index in [1.807, 2.05) is 0 Å². The average molecular weight is 269 g/mol. The number of urea groups is 1. The van der Waals surface area contributed by atoms with E-state index >= 15 is 0 Å². The first kappa shape index (κ1) is 14.9. The Labute approximate surface area is 109 Å². The zero-order valence-corrected chi connectivity index (χ0v) is 10.3.